The molecule has 0 saturated heterocycles. The topological polar surface area (TPSA) is 89.9 Å². The molecule has 0 aliphatic rings. The summed E-state index contributed by atoms with van der Waals surface area (Å²) in [5.41, 5.74) is -2.45. The molecule has 22 heavy (non-hydrogen) atoms. The van der Waals surface area contributed by atoms with Crippen molar-refractivity contribution in [1.82, 2.24) is 0 Å². The van der Waals surface area contributed by atoms with Crippen molar-refractivity contribution in [1.29, 1.82) is 0 Å². The van der Waals surface area contributed by atoms with Gasteiger partial charge in [0.1, 0.15) is 0 Å². The van der Waals surface area contributed by atoms with E-state index < -0.39 is 29.7 Å². The van der Waals surface area contributed by atoms with E-state index in [1.165, 1.54) is 0 Å². The van der Waals surface area contributed by atoms with Gasteiger partial charge in [-0.05, 0) is 19.8 Å². The van der Waals surface area contributed by atoms with Gasteiger partial charge in [0, 0.05) is 0 Å². The first-order valence-electron chi connectivity index (χ1n) is 7.94. The molecule has 1 atom stereocenters. The van der Waals surface area contributed by atoms with Crippen LogP contribution in [-0.2, 0) is 23.9 Å². The highest BCUT2D eigenvalue weighted by Crippen LogP contribution is 2.16. The second-order valence-electron chi connectivity index (χ2n) is 5.36. The summed E-state index contributed by atoms with van der Waals surface area (Å²) in [5, 5.41) is 10.2. The van der Waals surface area contributed by atoms with Gasteiger partial charge in [-0.1, -0.05) is 39.5 Å². The minimum absolute atomic E-state index is 0.119. The van der Waals surface area contributed by atoms with Crippen molar-refractivity contribution >= 4 is 17.7 Å². The van der Waals surface area contributed by atoms with Gasteiger partial charge in [-0.2, -0.15) is 0 Å². The molecule has 0 aromatic carbocycles. The number of esters is 2. The first-order chi connectivity index (χ1) is 10.4. The number of hydrogen-bond donors (Lipinski definition) is 1. The van der Waals surface area contributed by atoms with E-state index in [2.05, 4.69) is 0 Å². The summed E-state index contributed by atoms with van der Waals surface area (Å²) in [6.07, 6.45) is 4.40. The number of carbonyl (C=O) groups excluding carboxylic acids is 3. The van der Waals surface area contributed by atoms with Crippen molar-refractivity contribution in [3.05, 3.63) is 0 Å². The second-order valence-corrected chi connectivity index (χ2v) is 5.36. The number of ketones is 1. The molecular formula is C16H28O6. The van der Waals surface area contributed by atoms with Crippen molar-refractivity contribution in [3.63, 3.8) is 0 Å². The SMILES string of the molecule is CCCCCOC(=O)C[C@](O)(C(C)=O)C(=O)OCCCCC. The Hall–Kier alpha value is -1.43. The van der Waals surface area contributed by atoms with Crippen LogP contribution in [0.25, 0.3) is 0 Å². The van der Waals surface area contributed by atoms with Crippen molar-refractivity contribution in [3.8, 4) is 0 Å². The summed E-state index contributed by atoms with van der Waals surface area (Å²) in [4.78, 5) is 35.1. The smallest absolute Gasteiger partial charge is 0.346 e. The fraction of sp³-hybridized carbons (Fsp3) is 0.812. The molecule has 0 aliphatic carbocycles. The Morgan fingerprint density at radius 1 is 0.909 bits per heavy atom. The molecule has 6 heteroatoms. The van der Waals surface area contributed by atoms with Crippen molar-refractivity contribution in [2.24, 2.45) is 0 Å². The number of ether oxygens (including phenoxy) is 2. The van der Waals surface area contributed by atoms with Gasteiger partial charge >= 0.3 is 11.9 Å². The van der Waals surface area contributed by atoms with Crippen LogP contribution in [0.5, 0.6) is 0 Å². The van der Waals surface area contributed by atoms with Crippen LogP contribution in [-0.4, -0.2) is 41.6 Å². The molecule has 0 saturated carbocycles. The van der Waals surface area contributed by atoms with Crippen LogP contribution in [0.3, 0.4) is 0 Å². The number of aliphatic hydroxyl groups is 1. The van der Waals surface area contributed by atoms with Crippen LogP contribution in [0.1, 0.15) is 65.7 Å². The predicted octanol–water partition coefficient (Wildman–Crippen LogP) is 2.16. The molecule has 0 aromatic heterocycles. The predicted molar refractivity (Wildman–Crippen MR) is 81.2 cm³/mol. The van der Waals surface area contributed by atoms with Gasteiger partial charge in [0.15, 0.2) is 5.78 Å². The van der Waals surface area contributed by atoms with Gasteiger partial charge in [-0.15, -0.1) is 0 Å². The maximum Gasteiger partial charge on any atom is 0.346 e. The molecular weight excluding hydrogens is 288 g/mol. The van der Waals surface area contributed by atoms with E-state index in [-0.39, 0.29) is 13.2 Å². The normalized spacial score (nSPS) is 13.3. The van der Waals surface area contributed by atoms with Gasteiger partial charge in [0.2, 0.25) is 5.60 Å². The summed E-state index contributed by atoms with van der Waals surface area (Å²) in [6.45, 7) is 5.41. The van der Waals surface area contributed by atoms with Crippen LogP contribution < -0.4 is 0 Å². The lowest BCUT2D eigenvalue weighted by Gasteiger charge is -2.22. The first kappa shape index (κ1) is 20.6. The lowest BCUT2D eigenvalue weighted by Crippen LogP contribution is -2.48. The Bertz CT molecular complexity index is 366. The number of unbranched alkanes of at least 4 members (excludes halogenated alkanes) is 4. The monoisotopic (exact) mass is 316 g/mol. The zero-order valence-electron chi connectivity index (χ0n) is 13.9. The van der Waals surface area contributed by atoms with Gasteiger partial charge in [0.05, 0.1) is 19.6 Å². The highest BCUT2D eigenvalue weighted by molar-refractivity contribution is 6.08. The molecule has 0 spiro atoms. The molecule has 0 radical (unpaired) electrons. The van der Waals surface area contributed by atoms with Crippen molar-refractivity contribution < 1.29 is 29.0 Å². The summed E-state index contributed by atoms with van der Waals surface area (Å²) >= 11 is 0. The molecule has 6 nitrogen and oxygen atoms in total. The quantitative estimate of drug-likeness (QED) is 0.337. The maximum atomic E-state index is 11.9. The van der Waals surface area contributed by atoms with Gasteiger partial charge < -0.3 is 14.6 Å². The molecule has 0 aliphatic heterocycles. The molecule has 0 unspecified atom stereocenters. The number of rotatable bonds is 12. The summed E-state index contributed by atoms with van der Waals surface area (Å²) < 4.78 is 9.82. The summed E-state index contributed by atoms with van der Waals surface area (Å²) in [7, 11) is 0. The molecule has 0 heterocycles. The third-order valence-electron chi connectivity index (χ3n) is 3.31. The minimum Gasteiger partial charge on any atom is -0.466 e. The average Bonchev–Trinajstić information content (AvgIpc) is 2.47. The zero-order valence-corrected chi connectivity index (χ0v) is 13.9. The second kappa shape index (κ2) is 11.2. The number of Topliss-reactive ketones (excluding diaryl/α,β-unsaturated/α-hetero) is 1. The van der Waals surface area contributed by atoms with Crippen LogP contribution in [0.15, 0.2) is 0 Å². The minimum atomic E-state index is -2.45. The van der Waals surface area contributed by atoms with E-state index in [0.717, 1.165) is 32.6 Å². The first-order valence-corrected chi connectivity index (χ1v) is 7.94. The Kier molecular flexibility index (Phi) is 10.5. The molecule has 0 aromatic rings. The van der Waals surface area contributed by atoms with Crippen LogP contribution in [0, 0.1) is 0 Å². The van der Waals surface area contributed by atoms with Gasteiger partial charge in [0.25, 0.3) is 0 Å². The Morgan fingerprint density at radius 2 is 1.41 bits per heavy atom. The lowest BCUT2D eigenvalue weighted by atomic mass is 9.95. The van der Waals surface area contributed by atoms with Crippen molar-refractivity contribution in [2.75, 3.05) is 13.2 Å². The third-order valence-corrected chi connectivity index (χ3v) is 3.31. The van der Waals surface area contributed by atoms with E-state index in [1.807, 2.05) is 13.8 Å². The lowest BCUT2D eigenvalue weighted by molar-refractivity contribution is -0.176. The largest absolute Gasteiger partial charge is 0.466 e. The van der Waals surface area contributed by atoms with E-state index in [0.29, 0.717) is 12.8 Å². The third kappa shape index (κ3) is 7.54. The summed E-state index contributed by atoms with van der Waals surface area (Å²) in [6, 6.07) is 0. The zero-order chi connectivity index (χ0) is 17.0. The Labute approximate surface area is 132 Å². The van der Waals surface area contributed by atoms with Crippen molar-refractivity contribution in [2.45, 2.75) is 71.3 Å². The van der Waals surface area contributed by atoms with E-state index >= 15 is 0 Å². The van der Waals surface area contributed by atoms with Crippen LogP contribution in [0.2, 0.25) is 0 Å². The van der Waals surface area contributed by atoms with E-state index in [9.17, 15) is 19.5 Å². The van der Waals surface area contributed by atoms with Crippen LogP contribution >= 0.6 is 0 Å². The molecule has 0 rings (SSSR count). The Balaban J connectivity index is 4.44. The number of carbonyl (C=O) groups is 3. The summed E-state index contributed by atoms with van der Waals surface area (Å²) in [5.74, 6) is -2.68. The molecule has 128 valence electrons. The molecule has 0 amide bonds. The Morgan fingerprint density at radius 3 is 1.86 bits per heavy atom. The molecule has 0 bridgehead atoms. The van der Waals surface area contributed by atoms with Gasteiger partial charge in [-0.25, -0.2) is 4.79 Å². The highest BCUT2D eigenvalue weighted by Gasteiger charge is 2.45. The highest BCUT2D eigenvalue weighted by atomic mass is 16.6. The van der Waals surface area contributed by atoms with Gasteiger partial charge in [-0.3, -0.25) is 9.59 Å². The standard InChI is InChI=1S/C16H28O6/c1-4-6-8-10-21-14(18)12-16(20,13(3)17)15(19)22-11-9-7-5-2/h20H,4-12H2,1-3H3/t16-/m0/s1. The van der Waals surface area contributed by atoms with E-state index in [1.54, 1.807) is 0 Å². The maximum absolute atomic E-state index is 11.9. The molecule has 0 fully saturated rings. The molecule has 1 N–H and O–H groups in total. The average molecular weight is 316 g/mol. The fourth-order valence-electron chi connectivity index (χ4n) is 1.77. The van der Waals surface area contributed by atoms with E-state index in [4.69, 9.17) is 9.47 Å². The fourth-order valence-corrected chi connectivity index (χ4v) is 1.77. The van der Waals surface area contributed by atoms with Crippen LogP contribution in [0.4, 0.5) is 0 Å². The number of hydrogen-bond acceptors (Lipinski definition) is 6.